The highest BCUT2D eigenvalue weighted by molar-refractivity contribution is 5.99. The number of β-lactam (4-membered cyclic amide) rings is 1. The molecule has 0 unspecified atom stereocenters. The summed E-state index contributed by atoms with van der Waals surface area (Å²) in [5.74, 6) is -1.45. The molecule has 1 heterocycles. The normalized spacial score (nSPS) is 20.5. The fourth-order valence-corrected chi connectivity index (χ4v) is 4.48. The van der Waals surface area contributed by atoms with Crippen LogP contribution in [0.4, 0.5) is 0 Å². The highest BCUT2D eigenvalue weighted by Gasteiger charge is 2.67. The first-order valence-electron chi connectivity index (χ1n) is 10.6. The van der Waals surface area contributed by atoms with Crippen molar-refractivity contribution in [3.8, 4) is 0 Å². The molecule has 170 valence electrons. The van der Waals surface area contributed by atoms with Gasteiger partial charge in [-0.25, -0.2) is 4.79 Å². The van der Waals surface area contributed by atoms with E-state index in [1.165, 1.54) is 13.2 Å². The topological polar surface area (TPSA) is 95.9 Å². The van der Waals surface area contributed by atoms with Gasteiger partial charge in [-0.15, -0.1) is 0 Å². The fourth-order valence-electron chi connectivity index (χ4n) is 4.48. The van der Waals surface area contributed by atoms with Crippen molar-refractivity contribution in [3.05, 3.63) is 71.3 Å². The number of likely N-dealkylation sites (tertiary alicyclic amines) is 1. The Kier molecular flexibility index (Phi) is 6.41. The molecule has 3 rings (SSSR count). The van der Waals surface area contributed by atoms with Crippen LogP contribution in [0.2, 0.25) is 0 Å². The van der Waals surface area contributed by atoms with E-state index in [1.807, 2.05) is 44.2 Å². The molecule has 1 saturated heterocycles. The third kappa shape index (κ3) is 3.88. The lowest BCUT2D eigenvalue weighted by Gasteiger charge is -2.61. The summed E-state index contributed by atoms with van der Waals surface area (Å²) in [7, 11) is 1.27. The van der Waals surface area contributed by atoms with Crippen LogP contribution in [0.1, 0.15) is 49.2 Å². The van der Waals surface area contributed by atoms with Crippen molar-refractivity contribution >= 4 is 17.8 Å². The molecule has 7 nitrogen and oxygen atoms in total. The number of ether oxygens (including phenoxy) is 1. The van der Waals surface area contributed by atoms with E-state index in [4.69, 9.17) is 4.74 Å². The van der Waals surface area contributed by atoms with Gasteiger partial charge < -0.3 is 20.1 Å². The van der Waals surface area contributed by atoms with Crippen molar-refractivity contribution in [2.75, 3.05) is 7.11 Å². The number of nitrogens with one attached hydrogen (secondary N) is 1. The van der Waals surface area contributed by atoms with Gasteiger partial charge in [-0.2, -0.15) is 0 Å². The Hall–Kier alpha value is -3.19. The zero-order chi connectivity index (χ0) is 23.7. The Morgan fingerprint density at radius 1 is 1.09 bits per heavy atom. The number of carbonyl (C=O) groups excluding carboxylic acids is 3. The molecule has 2 atom stereocenters. The van der Waals surface area contributed by atoms with Gasteiger partial charge in [0.25, 0.3) is 11.8 Å². The lowest BCUT2D eigenvalue weighted by Crippen LogP contribution is -2.79. The molecule has 1 fully saturated rings. The smallest absolute Gasteiger partial charge is 0.328 e. The molecule has 0 aromatic heterocycles. The Morgan fingerprint density at radius 3 is 2.31 bits per heavy atom. The lowest BCUT2D eigenvalue weighted by atomic mass is 9.66. The van der Waals surface area contributed by atoms with E-state index < -0.39 is 35.0 Å². The quantitative estimate of drug-likeness (QED) is 0.511. The summed E-state index contributed by atoms with van der Waals surface area (Å²) in [6.07, 6.45) is 0.276. The number of carbonyl (C=O) groups is 3. The van der Waals surface area contributed by atoms with E-state index >= 15 is 0 Å². The average molecular weight is 439 g/mol. The van der Waals surface area contributed by atoms with Crippen molar-refractivity contribution in [1.82, 2.24) is 10.2 Å². The molecule has 32 heavy (non-hydrogen) atoms. The number of amides is 2. The van der Waals surface area contributed by atoms with Gasteiger partial charge in [0.2, 0.25) is 0 Å². The first-order valence-corrected chi connectivity index (χ1v) is 10.6. The second-order valence-electron chi connectivity index (χ2n) is 8.86. The molecule has 0 aliphatic carbocycles. The second kappa shape index (κ2) is 8.74. The van der Waals surface area contributed by atoms with Crippen molar-refractivity contribution < 1.29 is 24.2 Å². The minimum absolute atomic E-state index is 0.0666. The maximum absolute atomic E-state index is 13.0. The number of esters is 1. The molecule has 7 heteroatoms. The summed E-state index contributed by atoms with van der Waals surface area (Å²) in [4.78, 5) is 39.7. The molecule has 0 bridgehead atoms. The molecule has 0 saturated carbocycles. The highest BCUT2D eigenvalue weighted by Crippen LogP contribution is 2.49. The van der Waals surface area contributed by atoms with Crippen LogP contribution in [0.15, 0.2) is 54.6 Å². The summed E-state index contributed by atoms with van der Waals surface area (Å²) in [6, 6.07) is 14.7. The largest absolute Gasteiger partial charge is 0.467 e. The minimum atomic E-state index is -1.74. The van der Waals surface area contributed by atoms with E-state index in [0.717, 1.165) is 5.56 Å². The number of rotatable bonds is 7. The SMILES string of the molecule is COC(=O)[C@H](Cc1ccccc1)NC(=O)c1cccc([C@@]2(O)C(=O)N(C(C)C)C2(C)C)c1. The molecule has 0 radical (unpaired) electrons. The first-order chi connectivity index (χ1) is 15.0. The van der Waals surface area contributed by atoms with E-state index in [1.54, 1.807) is 36.9 Å². The Bertz CT molecular complexity index is 1020. The molecule has 1 aliphatic rings. The van der Waals surface area contributed by atoms with Crippen molar-refractivity contribution in [2.45, 2.75) is 57.3 Å². The van der Waals surface area contributed by atoms with Crippen LogP contribution >= 0.6 is 0 Å². The first kappa shape index (κ1) is 23.5. The molecule has 1 aliphatic heterocycles. The zero-order valence-electron chi connectivity index (χ0n) is 19.1. The van der Waals surface area contributed by atoms with Gasteiger partial charge in [-0.3, -0.25) is 9.59 Å². The summed E-state index contributed by atoms with van der Waals surface area (Å²) >= 11 is 0. The van der Waals surface area contributed by atoms with Crippen molar-refractivity contribution in [1.29, 1.82) is 0 Å². The van der Waals surface area contributed by atoms with E-state index in [2.05, 4.69) is 5.32 Å². The second-order valence-corrected chi connectivity index (χ2v) is 8.86. The van der Waals surface area contributed by atoms with Crippen LogP contribution in [0, 0.1) is 0 Å². The summed E-state index contributed by atoms with van der Waals surface area (Å²) in [5, 5.41) is 14.0. The van der Waals surface area contributed by atoms with Crippen LogP contribution in [-0.4, -0.2) is 52.5 Å². The van der Waals surface area contributed by atoms with Crippen LogP contribution in [0.3, 0.4) is 0 Å². The molecular weight excluding hydrogens is 408 g/mol. The molecule has 2 amide bonds. The predicted octanol–water partition coefficient (Wildman–Crippen LogP) is 2.42. The van der Waals surface area contributed by atoms with Crippen LogP contribution in [0.25, 0.3) is 0 Å². The molecule has 2 aromatic carbocycles. The number of nitrogens with zero attached hydrogens (tertiary/aromatic N) is 1. The third-order valence-corrected chi connectivity index (χ3v) is 6.15. The van der Waals surface area contributed by atoms with E-state index in [-0.39, 0.29) is 18.0 Å². The number of aliphatic hydroxyl groups is 1. The fraction of sp³-hybridized carbons (Fsp3) is 0.400. The van der Waals surface area contributed by atoms with E-state index in [0.29, 0.717) is 5.56 Å². The third-order valence-electron chi connectivity index (χ3n) is 6.15. The van der Waals surface area contributed by atoms with Gasteiger partial charge in [-0.05, 0) is 51.0 Å². The summed E-state index contributed by atoms with van der Waals surface area (Å²) in [5.41, 5.74) is -1.12. The lowest BCUT2D eigenvalue weighted by molar-refractivity contribution is -0.221. The molecule has 0 spiro atoms. The number of hydrogen-bond donors (Lipinski definition) is 2. The predicted molar refractivity (Wildman–Crippen MR) is 120 cm³/mol. The van der Waals surface area contributed by atoms with Gasteiger partial charge in [0.1, 0.15) is 6.04 Å². The monoisotopic (exact) mass is 438 g/mol. The van der Waals surface area contributed by atoms with Crippen molar-refractivity contribution in [3.63, 3.8) is 0 Å². The molecule has 2 aromatic rings. The minimum Gasteiger partial charge on any atom is -0.467 e. The van der Waals surface area contributed by atoms with Crippen molar-refractivity contribution in [2.24, 2.45) is 0 Å². The zero-order valence-corrected chi connectivity index (χ0v) is 19.1. The van der Waals surface area contributed by atoms with Gasteiger partial charge in [-0.1, -0.05) is 42.5 Å². The number of methoxy groups -OCH3 is 1. The standard InChI is InChI=1S/C25H30N2O5/c1-16(2)27-23(30)25(31,24(27,3)4)19-13-9-12-18(15-19)21(28)26-20(22(29)32-5)14-17-10-7-6-8-11-17/h6-13,15-16,20,31H,14H2,1-5H3,(H,26,28)/t20-,25+/m0/s1. The Morgan fingerprint density at radius 2 is 1.75 bits per heavy atom. The molecular formula is C25H30N2O5. The average Bonchev–Trinajstić information content (AvgIpc) is 2.77. The van der Waals surface area contributed by atoms with E-state index in [9.17, 15) is 19.5 Å². The van der Waals surface area contributed by atoms with Gasteiger partial charge in [0.05, 0.1) is 12.6 Å². The number of benzene rings is 2. The highest BCUT2D eigenvalue weighted by atomic mass is 16.5. The maximum atomic E-state index is 13.0. The Labute approximate surface area is 188 Å². The maximum Gasteiger partial charge on any atom is 0.328 e. The van der Waals surface area contributed by atoms with Gasteiger partial charge >= 0.3 is 5.97 Å². The van der Waals surface area contributed by atoms with Gasteiger partial charge in [0.15, 0.2) is 5.60 Å². The Balaban J connectivity index is 1.85. The summed E-state index contributed by atoms with van der Waals surface area (Å²) < 4.78 is 4.86. The van der Waals surface area contributed by atoms with Crippen LogP contribution in [0.5, 0.6) is 0 Å². The molecule has 2 N–H and O–H groups in total. The van der Waals surface area contributed by atoms with Crippen LogP contribution in [-0.2, 0) is 26.3 Å². The summed E-state index contributed by atoms with van der Waals surface area (Å²) in [6.45, 7) is 7.38. The van der Waals surface area contributed by atoms with Gasteiger partial charge in [0, 0.05) is 18.0 Å². The van der Waals surface area contributed by atoms with Crippen LogP contribution < -0.4 is 5.32 Å². The number of hydrogen-bond acceptors (Lipinski definition) is 5.